The van der Waals surface area contributed by atoms with E-state index in [2.05, 4.69) is 4.52 Å². The summed E-state index contributed by atoms with van der Waals surface area (Å²) in [6.07, 6.45) is -0.165. The van der Waals surface area contributed by atoms with E-state index in [1.54, 1.807) is 42.8 Å². The molecule has 7 heteroatoms. The van der Waals surface area contributed by atoms with Crippen molar-refractivity contribution < 1.29 is 13.3 Å². The fraction of sp³-hybridized carbons (Fsp3) is 0.250. The third-order valence-corrected chi connectivity index (χ3v) is 1.79. The summed E-state index contributed by atoms with van der Waals surface area (Å²) in [7, 11) is -0.611. The minimum Gasteiger partial charge on any atom is -0.422 e. The Kier molecular flexibility index (Phi) is 7.28. The third-order valence-electron chi connectivity index (χ3n) is 0.955. The maximum atomic E-state index is 10.7. The van der Waals surface area contributed by atoms with Gasteiger partial charge in [-0.25, -0.2) is 4.57 Å². The van der Waals surface area contributed by atoms with Crippen LogP contribution < -0.4 is 4.52 Å². The Morgan fingerprint density at radius 2 is 1.60 bits per heavy atom. The van der Waals surface area contributed by atoms with Gasteiger partial charge in [0.1, 0.15) is 5.75 Å². The Balaban J connectivity index is 0.000000423. The van der Waals surface area contributed by atoms with Gasteiger partial charge in [0.05, 0.1) is 0 Å². The van der Waals surface area contributed by atoms with Gasteiger partial charge in [-0.1, -0.05) is 18.2 Å². The van der Waals surface area contributed by atoms with Crippen molar-refractivity contribution in [3.8, 4) is 5.75 Å². The zero-order valence-corrected chi connectivity index (χ0v) is 11.4. The Morgan fingerprint density at radius 1 is 1.20 bits per heavy atom. The van der Waals surface area contributed by atoms with Gasteiger partial charge in [-0.2, -0.15) is 0 Å². The summed E-state index contributed by atoms with van der Waals surface area (Å²) in [5, 5.41) is 0. The molecule has 0 N–H and O–H groups in total. The molecule has 0 aliphatic heterocycles. The van der Waals surface area contributed by atoms with E-state index in [0.29, 0.717) is 5.75 Å². The first-order chi connectivity index (χ1) is 6.81. The van der Waals surface area contributed by atoms with Gasteiger partial charge in [0.25, 0.3) is 0 Å². The number of para-hydroxylation sites is 1. The zero-order valence-electron chi connectivity index (χ0n) is 8.22. The van der Waals surface area contributed by atoms with E-state index in [1.807, 2.05) is 0 Å². The summed E-state index contributed by atoms with van der Waals surface area (Å²) < 4.78 is 24.9. The van der Waals surface area contributed by atoms with Crippen molar-refractivity contribution >= 4 is 39.4 Å². The molecule has 0 amide bonds. The van der Waals surface area contributed by atoms with E-state index >= 15 is 0 Å². The summed E-state index contributed by atoms with van der Waals surface area (Å²) in [6.45, 7) is 0. The van der Waals surface area contributed by atoms with Crippen LogP contribution in [0.2, 0.25) is 0 Å². The average Bonchev–Trinajstić information content (AvgIpc) is 2.01. The monoisotopic (exact) mass is 288 g/mol. The van der Waals surface area contributed by atoms with Crippen LogP contribution in [-0.4, -0.2) is 16.7 Å². The first kappa shape index (κ1) is 15.0. The molecule has 1 aromatic rings. The second kappa shape index (κ2) is 7.29. The highest BCUT2D eigenvalue weighted by molar-refractivity contribution is 8.05. The number of hydrogen-bond acceptors (Lipinski definition) is 3. The second-order valence-corrected chi connectivity index (χ2v) is 8.24. The molecular weight excluding hydrogens is 278 g/mol. The van der Waals surface area contributed by atoms with Crippen LogP contribution in [-0.2, 0) is 15.4 Å². The summed E-state index contributed by atoms with van der Waals surface area (Å²) in [5.74, 6) is 0.404. The topological polar surface area (TPSA) is 43.4 Å². The lowest BCUT2D eigenvalue weighted by atomic mass is 10.3. The molecule has 15 heavy (non-hydrogen) atoms. The van der Waals surface area contributed by atoms with Crippen LogP contribution in [0.3, 0.4) is 0 Å². The molecule has 1 rings (SSSR count). The molecule has 0 bridgehead atoms. The van der Waals surface area contributed by atoms with Gasteiger partial charge in [0.15, 0.2) is 0 Å². The molecule has 86 valence electrons. The zero-order chi connectivity index (χ0) is 11.9. The molecule has 3 nitrogen and oxygen atoms in total. The highest BCUT2D eigenvalue weighted by Gasteiger charge is 2.15. The molecule has 0 heterocycles. The minimum atomic E-state index is -3.44. The van der Waals surface area contributed by atoms with E-state index in [9.17, 15) is 8.77 Å². The predicted molar refractivity (Wildman–Crippen MR) is 66.4 cm³/mol. The minimum absolute atomic E-state index is 0.404. The van der Waals surface area contributed by atoms with Gasteiger partial charge >= 0.3 is 6.07 Å². The van der Waals surface area contributed by atoms with Crippen molar-refractivity contribution in [2.45, 2.75) is 0 Å². The maximum Gasteiger partial charge on any atom is 0.428 e. The average molecular weight is 289 g/mol. The molecule has 0 aliphatic carbocycles. The Hall–Kier alpha value is -0.0200. The number of rotatable bonds is 2. The third kappa shape index (κ3) is 11.9. The first-order valence-electron chi connectivity index (χ1n) is 3.80. The molecule has 0 radical (unpaired) electrons. The molecule has 0 saturated carbocycles. The van der Waals surface area contributed by atoms with E-state index in [0.717, 1.165) is 0 Å². The fourth-order valence-electron chi connectivity index (χ4n) is 0.604. The molecular formula is C8H11Cl2O3PS. The Morgan fingerprint density at radius 3 is 1.93 bits per heavy atom. The van der Waals surface area contributed by atoms with Gasteiger partial charge in [-0.05, 0) is 12.1 Å². The lowest BCUT2D eigenvalue weighted by Gasteiger charge is -2.03. The van der Waals surface area contributed by atoms with Crippen LogP contribution in [0.25, 0.3) is 0 Å². The number of hydrogen-bond donors (Lipinski definition) is 0. The molecule has 0 atom stereocenters. The van der Waals surface area contributed by atoms with Crippen LogP contribution in [0, 0.1) is 0 Å². The molecule has 0 aliphatic rings. The van der Waals surface area contributed by atoms with Crippen LogP contribution >= 0.6 is 28.6 Å². The van der Waals surface area contributed by atoms with Crippen molar-refractivity contribution in [2.24, 2.45) is 0 Å². The van der Waals surface area contributed by atoms with Crippen LogP contribution in [0.5, 0.6) is 5.75 Å². The first-order valence-corrected chi connectivity index (χ1v) is 9.20. The quantitative estimate of drug-likeness (QED) is 0.780. The van der Waals surface area contributed by atoms with Crippen LogP contribution in [0.15, 0.2) is 30.3 Å². The molecule has 0 fully saturated rings. The largest absolute Gasteiger partial charge is 0.428 e. The molecule has 0 saturated heterocycles. The lowest BCUT2D eigenvalue weighted by Crippen LogP contribution is -1.79. The highest BCUT2D eigenvalue weighted by atomic mass is 35.9. The van der Waals surface area contributed by atoms with Crippen molar-refractivity contribution in [1.29, 1.82) is 0 Å². The normalized spacial score (nSPS) is 10.5. The Labute approximate surface area is 101 Å². The Bertz CT molecular complexity index is 348. The van der Waals surface area contributed by atoms with Gasteiger partial charge in [0.2, 0.25) is 0 Å². The van der Waals surface area contributed by atoms with Crippen LogP contribution in [0.1, 0.15) is 0 Å². The maximum absolute atomic E-state index is 10.7. The van der Waals surface area contributed by atoms with E-state index < -0.39 is 16.9 Å². The number of benzene rings is 1. The van der Waals surface area contributed by atoms with Gasteiger partial charge < -0.3 is 4.52 Å². The van der Waals surface area contributed by atoms with Gasteiger partial charge in [-0.15, -0.1) is 0 Å². The van der Waals surface area contributed by atoms with Gasteiger partial charge in [-0.3, -0.25) is 4.21 Å². The van der Waals surface area contributed by atoms with E-state index in [4.69, 9.17) is 22.5 Å². The SMILES string of the molecule is CS(C)=O.O=P(Cl)(Cl)Oc1ccccc1. The molecule has 1 aromatic carbocycles. The fourth-order valence-corrected chi connectivity index (χ4v) is 1.45. The molecule has 0 aromatic heterocycles. The summed E-state index contributed by atoms with van der Waals surface area (Å²) >= 11 is 10.3. The van der Waals surface area contributed by atoms with Crippen molar-refractivity contribution in [3.63, 3.8) is 0 Å². The summed E-state index contributed by atoms with van der Waals surface area (Å²) in [6, 6.07) is 8.52. The van der Waals surface area contributed by atoms with Crippen LogP contribution in [0.4, 0.5) is 0 Å². The van der Waals surface area contributed by atoms with Crippen molar-refractivity contribution in [1.82, 2.24) is 0 Å². The highest BCUT2D eigenvalue weighted by Crippen LogP contribution is 2.56. The second-order valence-electron chi connectivity index (χ2n) is 2.56. The molecule has 0 spiro atoms. The standard InChI is InChI=1S/C6H5Cl2O2P.C2H6OS/c7-11(8,9)10-6-4-2-1-3-5-6;1-4(2)3/h1-5H;1-2H3. The van der Waals surface area contributed by atoms with Crippen molar-refractivity contribution in [3.05, 3.63) is 30.3 Å². The lowest BCUT2D eigenvalue weighted by molar-refractivity contribution is 0.513. The summed E-state index contributed by atoms with van der Waals surface area (Å²) in [4.78, 5) is 0. The van der Waals surface area contributed by atoms with E-state index in [-0.39, 0.29) is 0 Å². The predicted octanol–water partition coefficient (Wildman–Crippen LogP) is 3.65. The smallest absolute Gasteiger partial charge is 0.422 e. The van der Waals surface area contributed by atoms with Gasteiger partial charge in [0, 0.05) is 45.8 Å². The molecule has 0 unspecified atom stereocenters. The summed E-state index contributed by atoms with van der Waals surface area (Å²) in [5.41, 5.74) is 0. The van der Waals surface area contributed by atoms with Crippen molar-refractivity contribution in [2.75, 3.05) is 12.5 Å². The number of halogens is 2. The van der Waals surface area contributed by atoms with E-state index in [1.165, 1.54) is 0 Å².